The van der Waals surface area contributed by atoms with Crippen LogP contribution in [0.25, 0.3) is 22.3 Å². The Morgan fingerprint density at radius 3 is 2.22 bits per heavy atom. The third-order valence-corrected chi connectivity index (χ3v) is 5.03. The molecule has 1 aromatic heterocycles. The molecule has 4 aromatic rings. The van der Waals surface area contributed by atoms with Gasteiger partial charge in [0.05, 0.1) is 5.39 Å². The van der Waals surface area contributed by atoms with Crippen LogP contribution in [-0.4, -0.2) is 11.8 Å². The number of amides is 2. The highest BCUT2D eigenvalue weighted by molar-refractivity contribution is 6.05. The Morgan fingerprint density at radius 2 is 1.53 bits per heavy atom. The topological polar surface area (TPSA) is 88.4 Å². The number of carbonyl (C=O) groups excluding carboxylic acids is 2. The number of carbonyl (C=O) groups is 2. The van der Waals surface area contributed by atoms with E-state index in [4.69, 9.17) is 4.42 Å². The van der Waals surface area contributed by atoms with Crippen LogP contribution in [0, 0.1) is 13.8 Å². The third kappa shape index (κ3) is 4.44. The molecule has 0 saturated carbocycles. The van der Waals surface area contributed by atoms with Crippen LogP contribution in [0.3, 0.4) is 0 Å². The molecule has 2 amide bonds. The molecule has 160 valence electrons. The first-order chi connectivity index (χ1) is 15.3. The molecular weight excluding hydrogens is 404 g/mol. The number of fused-ring (bicyclic) bond motifs is 1. The molecule has 1 heterocycles. The van der Waals surface area contributed by atoms with Gasteiger partial charge in [0.2, 0.25) is 5.91 Å². The quantitative estimate of drug-likeness (QED) is 0.464. The largest absolute Gasteiger partial charge is 0.456 e. The minimum atomic E-state index is -0.289. The lowest BCUT2D eigenvalue weighted by atomic mass is 10.1. The zero-order valence-electron chi connectivity index (χ0n) is 18.0. The number of aryl methyl sites for hydroxylation is 2. The van der Waals surface area contributed by atoms with Crippen molar-refractivity contribution in [3.8, 4) is 11.3 Å². The van der Waals surface area contributed by atoms with E-state index in [1.54, 1.807) is 48.5 Å². The number of benzene rings is 3. The lowest BCUT2D eigenvalue weighted by Crippen LogP contribution is -2.12. The standard InChI is InChI=1S/C26H22N2O4/c1-15-11-16(2)25-22(12-15)23(30)14-24(32-25)18-7-9-19(10-8-18)26(31)28-21-6-4-5-20(13-21)27-17(3)29/h4-14H,1-3H3,(H,27,29)(H,28,31). The van der Waals surface area contributed by atoms with E-state index >= 15 is 0 Å². The van der Waals surface area contributed by atoms with E-state index in [1.165, 1.54) is 13.0 Å². The van der Waals surface area contributed by atoms with Gasteiger partial charge in [0, 0.05) is 35.5 Å². The molecule has 2 N–H and O–H groups in total. The molecule has 0 fully saturated rings. The van der Waals surface area contributed by atoms with Gasteiger partial charge in [-0.1, -0.05) is 24.3 Å². The summed E-state index contributed by atoms with van der Waals surface area (Å²) < 4.78 is 6.02. The highest BCUT2D eigenvalue weighted by Gasteiger charge is 2.12. The zero-order chi connectivity index (χ0) is 22.8. The van der Waals surface area contributed by atoms with Gasteiger partial charge >= 0.3 is 0 Å². The van der Waals surface area contributed by atoms with Crippen LogP contribution in [0.2, 0.25) is 0 Å². The Kier molecular flexibility index (Phi) is 5.60. The lowest BCUT2D eigenvalue weighted by molar-refractivity contribution is -0.114. The van der Waals surface area contributed by atoms with Crippen molar-refractivity contribution >= 4 is 34.2 Å². The zero-order valence-corrected chi connectivity index (χ0v) is 18.0. The number of rotatable bonds is 4. The number of hydrogen-bond donors (Lipinski definition) is 2. The summed E-state index contributed by atoms with van der Waals surface area (Å²) in [4.78, 5) is 36.4. The van der Waals surface area contributed by atoms with Crippen LogP contribution in [-0.2, 0) is 4.79 Å². The van der Waals surface area contributed by atoms with Gasteiger partial charge in [-0.3, -0.25) is 14.4 Å². The normalized spacial score (nSPS) is 10.7. The van der Waals surface area contributed by atoms with Crippen molar-refractivity contribution in [2.45, 2.75) is 20.8 Å². The van der Waals surface area contributed by atoms with Gasteiger partial charge < -0.3 is 15.1 Å². The van der Waals surface area contributed by atoms with Crippen LogP contribution in [0.1, 0.15) is 28.4 Å². The Morgan fingerprint density at radius 1 is 0.844 bits per heavy atom. The minimum Gasteiger partial charge on any atom is -0.456 e. The second kappa shape index (κ2) is 8.51. The molecule has 0 aliphatic heterocycles. The number of anilines is 2. The van der Waals surface area contributed by atoms with Crippen LogP contribution in [0.5, 0.6) is 0 Å². The van der Waals surface area contributed by atoms with E-state index in [0.717, 1.165) is 11.1 Å². The predicted octanol–water partition coefficient (Wildman–Crippen LogP) is 5.29. The lowest BCUT2D eigenvalue weighted by Gasteiger charge is -2.09. The molecule has 0 aliphatic carbocycles. The molecule has 32 heavy (non-hydrogen) atoms. The summed E-state index contributed by atoms with van der Waals surface area (Å²) in [5.74, 6) is -0.0260. The van der Waals surface area contributed by atoms with E-state index in [2.05, 4.69) is 10.6 Å². The van der Waals surface area contributed by atoms with Crippen molar-refractivity contribution in [3.05, 3.63) is 93.6 Å². The second-order valence-corrected chi connectivity index (χ2v) is 7.73. The average molecular weight is 426 g/mol. The van der Waals surface area contributed by atoms with E-state index < -0.39 is 0 Å². The van der Waals surface area contributed by atoms with Gasteiger partial charge in [0.1, 0.15) is 11.3 Å². The molecule has 0 atom stereocenters. The third-order valence-electron chi connectivity index (χ3n) is 5.03. The van der Waals surface area contributed by atoms with Crippen molar-refractivity contribution < 1.29 is 14.0 Å². The molecule has 0 bridgehead atoms. The molecule has 0 saturated heterocycles. The molecule has 3 aromatic carbocycles. The first kappa shape index (κ1) is 21.1. The van der Waals surface area contributed by atoms with Crippen molar-refractivity contribution in [1.82, 2.24) is 0 Å². The highest BCUT2D eigenvalue weighted by atomic mass is 16.3. The van der Waals surface area contributed by atoms with Gasteiger partial charge in [0.15, 0.2) is 5.43 Å². The Labute approximate surface area is 184 Å². The molecule has 6 nitrogen and oxygen atoms in total. The molecule has 0 radical (unpaired) electrons. The minimum absolute atomic E-state index is 0.103. The van der Waals surface area contributed by atoms with Crippen LogP contribution >= 0.6 is 0 Å². The maximum absolute atomic E-state index is 12.6. The molecular formula is C26H22N2O4. The van der Waals surface area contributed by atoms with E-state index in [-0.39, 0.29) is 17.2 Å². The fourth-order valence-electron chi connectivity index (χ4n) is 3.62. The summed E-state index contributed by atoms with van der Waals surface area (Å²) in [7, 11) is 0. The van der Waals surface area contributed by atoms with E-state index in [9.17, 15) is 14.4 Å². The fraction of sp³-hybridized carbons (Fsp3) is 0.115. The first-order valence-electron chi connectivity index (χ1n) is 10.1. The fourth-order valence-corrected chi connectivity index (χ4v) is 3.62. The Balaban J connectivity index is 1.58. The molecule has 0 spiro atoms. The number of nitrogens with one attached hydrogen (secondary N) is 2. The van der Waals surface area contributed by atoms with Crippen molar-refractivity contribution in [2.75, 3.05) is 10.6 Å². The van der Waals surface area contributed by atoms with E-state index in [1.807, 2.05) is 26.0 Å². The van der Waals surface area contributed by atoms with Gasteiger partial charge in [-0.05, 0) is 61.4 Å². The number of hydrogen-bond acceptors (Lipinski definition) is 4. The summed E-state index contributed by atoms with van der Waals surface area (Å²) in [6.45, 7) is 5.28. The molecule has 0 aliphatic rings. The molecule has 0 unspecified atom stereocenters. The summed E-state index contributed by atoms with van der Waals surface area (Å²) in [6.07, 6.45) is 0. The van der Waals surface area contributed by atoms with Crippen LogP contribution < -0.4 is 16.1 Å². The highest BCUT2D eigenvalue weighted by Crippen LogP contribution is 2.25. The van der Waals surface area contributed by atoms with Crippen molar-refractivity contribution in [1.29, 1.82) is 0 Å². The second-order valence-electron chi connectivity index (χ2n) is 7.73. The maximum atomic E-state index is 12.6. The molecule has 4 rings (SSSR count). The summed E-state index contributed by atoms with van der Waals surface area (Å²) in [6, 6.07) is 19.0. The van der Waals surface area contributed by atoms with Crippen molar-refractivity contribution in [3.63, 3.8) is 0 Å². The Bertz CT molecular complexity index is 1400. The summed E-state index contributed by atoms with van der Waals surface area (Å²) in [5, 5.41) is 6.05. The predicted molar refractivity (Wildman–Crippen MR) is 126 cm³/mol. The maximum Gasteiger partial charge on any atom is 0.255 e. The van der Waals surface area contributed by atoms with Gasteiger partial charge in [-0.25, -0.2) is 0 Å². The van der Waals surface area contributed by atoms with Gasteiger partial charge in [0.25, 0.3) is 5.91 Å². The van der Waals surface area contributed by atoms with Crippen LogP contribution in [0.15, 0.2) is 75.9 Å². The SMILES string of the molecule is CC(=O)Nc1cccc(NC(=O)c2ccc(-c3cc(=O)c4cc(C)cc(C)c4o3)cc2)c1. The first-order valence-corrected chi connectivity index (χ1v) is 10.1. The van der Waals surface area contributed by atoms with Crippen LogP contribution in [0.4, 0.5) is 11.4 Å². The molecule has 6 heteroatoms. The Hall–Kier alpha value is -4.19. The van der Waals surface area contributed by atoms with Gasteiger partial charge in [-0.15, -0.1) is 0 Å². The smallest absolute Gasteiger partial charge is 0.255 e. The summed E-state index contributed by atoms with van der Waals surface area (Å²) >= 11 is 0. The summed E-state index contributed by atoms with van der Waals surface area (Å²) in [5.41, 5.74) is 4.69. The van der Waals surface area contributed by atoms with Gasteiger partial charge in [-0.2, -0.15) is 0 Å². The average Bonchev–Trinajstić information content (AvgIpc) is 2.74. The van der Waals surface area contributed by atoms with E-state index in [0.29, 0.717) is 39.2 Å². The monoisotopic (exact) mass is 426 g/mol. The van der Waals surface area contributed by atoms with Crippen molar-refractivity contribution in [2.24, 2.45) is 0 Å².